The summed E-state index contributed by atoms with van der Waals surface area (Å²) < 4.78 is 10.5. The highest BCUT2D eigenvalue weighted by Gasteiger charge is 2.09. The van der Waals surface area contributed by atoms with Crippen LogP contribution in [0.2, 0.25) is 0 Å². The number of aromatic nitrogens is 2. The first kappa shape index (κ1) is 14.7. The van der Waals surface area contributed by atoms with Gasteiger partial charge in [0.2, 0.25) is 5.88 Å². The van der Waals surface area contributed by atoms with E-state index in [-0.39, 0.29) is 0 Å². The number of methoxy groups -OCH3 is 1. The maximum absolute atomic E-state index is 5.55. The van der Waals surface area contributed by atoms with E-state index in [1.807, 2.05) is 13.0 Å². The van der Waals surface area contributed by atoms with Gasteiger partial charge in [-0.05, 0) is 19.9 Å². The van der Waals surface area contributed by atoms with Gasteiger partial charge in [-0.1, -0.05) is 0 Å². The lowest BCUT2D eigenvalue weighted by molar-refractivity contribution is 0.205. The summed E-state index contributed by atoms with van der Waals surface area (Å²) in [5, 5.41) is 0. The second-order valence-corrected chi connectivity index (χ2v) is 3.77. The van der Waals surface area contributed by atoms with Crippen molar-refractivity contribution in [2.24, 2.45) is 5.73 Å². The van der Waals surface area contributed by atoms with E-state index in [4.69, 9.17) is 15.2 Å². The molecule has 0 bridgehead atoms. The Morgan fingerprint density at radius 2 is 2.17 bits per heavy atom. The highest BCUT2D eigenvalue weighted by molar-refractivity contribution is 5.40. The predicted octanol–water partition coefficient (Wildman–Crippen LogP) is 0.677. The molecule has 0 saturated carbocycles. The Morgan fingerprint density at radius 1 is 1.33 bits per heavy atom. The molecule has 1 aromatic heterocycles. The van der Waals surface area contributed by atoms with Crippen LogP contribution in [0.25, 0.3) is 0 Å². The third-order valence-electron chi connectivity index (χ3n) is 2.44. The number of hydrogen-bond acceptors (Lipinski definition) is 6. The summed E-state index contributed by atoms with van der Waals surface area (Å²) in [7, 11) is 1.69. The molecule has 18 heavy (non-hydrogen) atoms. The second kappa shape index (κ2) is 8.66. The Morgan fingerprint density at radius 3 is 2.83 bits per heavy atom. The monoisotopic (exact) mass is 254 g/mol. The Bertz CT molecular complexity index is 328. The molecule has 0 aliphatic rings. The van der Waals surface area contributed by atoms with Crippen molar-refractivity contribution in [1.82, 2.24) is 9.97 Å². The maximum atomic E-state index is 5.55. The van der Waals surface area contributed by atoms with E-state index in [9.17, 15) is 0 Å². The average Bonchev–Trinajstić information content (AvgIpc) is 2.40. The first-order valence-corrected chi connectivity index (χ1v) is 6.20. The Labute approximate surface area is 108 Å². The summed E-state index contributed by atoms with van der Waals surface area (Å²) >= 11 is 0. The van der Waals surface area contributed by atoms with Gasteiger partial charge in [0.25, 0.3) is 0 Å². The molecule has 2 N–H and O–H groups in total. The van der Waals surface area contributed by atoms with E-state index in [0.29, 0.717) is 25.6 Å². The topological polar surface area (TPSA) is 73.5 Å². The molecule has 6 heteroatoms. The fraction of sp³-hybridized carbons (Fsp3) is 0.667. The van der Waals surface area contributed by atoms with Gasteiger partial charge in [-0.2, -0.15) is 0 Å². The molecule has 1 rings (SSSR count). The predicted molar refractivity (Wildman–Crippen MR) is 71.0 cm³/mol. The lowest BCUT2D eigenvalue weighted by atomic mass is 10.3. The van der Waals surface area contributed by atoms with E-state index in [2.05, 4.69) is 14.9 Å². The normalized spacial score (nSPS) is 10.4. The van der Waals surface area contributed by atoms with Crippen molar-refractivity contribution in [1.29, 1.82) is 0 Å². The van der Waals surface area contributed by atoms with Gasteiger partial charge in [0.15, 0.2) is 0 Å². The number of nitrogens with zero attached hydrogens (tertiary/aromatic N) is 3. The van der Waals surface area contributed by atoms with Crippen molar-refractivity contribution in [3.8, 4) is 5.88 Å². The van der Waals surface area contributed by atoms with Crippen molar-refractivity contribution in [2.45, 2.75) is 13.3 Å². The largest absolute Gasteiger partial charge is 0.478 e. The molecule has 1 aromatic rings. The smallest absolute Gasteiger partial charge is 0.218 e. The van der Waals surface area contributed by atoms with Crippen LogP contribution in [0.3, 0.4) is 0 Å². The van der Waals surface area contributed by atoms with Crippen molar-refractivity contribution in [3.05, 3.63) is 12.4 Å². The zero-order chi connectivity index (χ0) is 13.2. The fourth-order valence-corrected chi connectivity index (χ4v) is 1.55. The minimum absolute atomic E-state index is 0.595. The van der Waals surface area contributed by atoms with Crippen LogP contribution in [-0.4, -0.2) is 49.9 Å². The van der Waals surface area contributed by atoms with E-state index in [1.54, 1.807) is 7.11 Å². The van der Waals surface area contributed by atoms with Crippen molar-refractivity contribution >= 4 is 5.82 Å². The van der Waals surface area contributed by atoms with Gasteiger partial charge in [0.1, 0.15) is 12.1 Å². The SMILES string of the molecule is CCOc1cc(N(CCCN)CCOC)ncn1. The molecule has 0 spiro atoms. The average molecular weight is 254 g/mol. The second-order valence-electron chi connectivity index (χ2n) is 3.77. The van der Waals surface area contributed by atoms with Crippen LogP contribution < -0.4 is 15.4 Å². The molecule has 0 aliphatic heterocycles. The van der Waals surface area contributed by atoms with Gasteiger partial charge in [0, 0.05) is 26.3 Å². The summed E-state index contributed by atoms with van der Waals surface area (Å²) in [5.41, 5.74) is 5.55. The van der Waals surface area contributed by atoms with E-state index in [1.165, 1.54) is 6.33 Å². The third-order valence-corrected chi connectivity index (χ3v) is 2.44. The minimum Gasteiger partial charge on any atom is -0.478 e. The molecule has 6 nitrogen and oxygen atoms in total. The number of ether oxygens (including phenoxy) is 2. The molecule has 0 fully saturated rings. The van der Waals surface area contributed by atoms with Crippen LogP contribution in [0.1, 0.15) is 13.3 Å². The summed E-state index contributed by atoms with van der Waals surface area (Å²) in [6.45, 7) is 5.46. The standard InChI is InChI=1S/C12H22N4O2/c1-3-18-12-9-11(14-10-15-12)16(6-4-5-13)7-8-17-2/h9-10H,3-8,13H2,1-2H3. The molecule has 1 heterocycles. The van der Waals surface area contributed by atoms with Gasteiger partial charge in [0.05, 0.1) is 13.2 Å². The molecule has 0 atom stereocenters. The van der Waals surface area contributed by atoms with Crippen LogP contribution in [0, 0.1) is 0 Å². The summed E-state index contributed by atoms with van der Waals surface area (Å²) in [4.78, 5) is 10.4. The quantitative estimate of drug-likeness (QED) is 0.698. The molecule has 0 unspecified atom stereocenters. The number of rotatable bonds is 9. The van der Waals surface area contributed by atoms with Gasteiger partial charge in [-0.25, -0.2) is 9.97 Å². The number of nitrogens with two attached hydrogens (primary N) is 1. The Kier molecular flexibility index (Phi) is 7.05. The fourth-order valence-electron chi connectivity index (χ4n) is 1.55. The van der Waals surface area contributed by atoms with Gasteiger partial charge in [-0.3, -0.25) is 0 Å². The molecule has 0 radical (unpaired) electrons. The Hall–Kier alpha value is -1.40. The zero-order valence-electron chi connectivity index (χ0n) is 11.1. The van der Waals surface area contributed by atoms with Crippen molar-refractivity contribution in [3.63, 3.8) is 0 Å². The number of anilines is 1. The van der Waals surface area contributed by atoms with E-state index < -0.39 is 0 Å². The summed E-state index contributed by atoms with van der Waals surface area (Å²) in [6.07, 6.45) is 2.43. The van der Waals surface area contributed by atoms with Gasteiger partial charge in [-0.15, -0.1) is 0 Å². The first-order valence-electron chi connectivity index (χ1n) is 6.20. The summed E-state index contributed by atoms with van der Waals surface area (Å²) in [6, 6.07) is 1.84. The molecule has 0 saturated heterocycles. The molecule has 0 aromatic carbocycles. The van der Waals surface area contributed by atoms with E-state index in [0.717, 1.165) is 25.3 Å². The molecule has 0 aliphatic carbocycles. The molecule has 102 valence electrons. The summed E-state index contributed by atoms with van der Waals surface area (Å²) in [5.74, 6) is 1.44. The molecular weight excluding hydrogens is 232 g/mol. The number of hydrogen-bond donors (Lipinski definition) is 1. The third kappa shape index (κ3) is 4.85. The van der Waals surface area contributed by atoms with E-state index >= 15 is 0 Å². The zero-order valence-corrected chi connectivity index (χ0v) is 11.1. The Balaban J connectivity index is 2.72. The van der Waals surface area contributed by atoms with Crippen molar-refractivity contribution in [2.75, 3.05) is 44.9 Å². The first-order chi connectivity index (χ1) is 8.81. The lowest BCUT2D eigenvalue weighted by Crippen LogP contribution is -2.30. The lowest BCUT2D eigenvalue weighted by Gasteiger charge is -2.23. The van der Waals surface area contributed by atoms with Crippen LogP contribution in [-0.2, 0) is 4.74 Å². The van der Waals surface area contributed by atoms with Crippen molar-refractivity contribution < 1.29 is 9.47 Å². The highest BCUT2D eigenvalue weighted by atomic mass is 16.5. The molecular formula is C12H22N4O2. The molecule has 0 amide bonds. The minimum atomic E-state index is 0.595. The van der Waals surface area contributed by atoms with Crippen LogP contribution >= 0.6 is 0 Å². The van der Waals surface area contributed by atoms with Gasteiger partial charge < -0.3 is 20.1 Å². The maximum Gasteiger partial charge on any atom is 0.218 e. The highest BCUT2D eigenvalue weighted by Crippen LogP contribution is 2.15. The van der Waals surface area contributed by atoms with Crippen LogP contribution in [0.5, 0.6) is 5.88 Å². The van der Waals surface area contributed by atoms with Gasteiger partial charge >= 0.3 is 0 Å². The van der Waals surface area contributed by atoms with Crippen LogP contribution in [0.15, 0.2) is 12.4 Å². The van der Waals surface area contributed by atoms with Crippen LogP contribution in [0.4, 0.5) is 5.82 Å².